The first kappa shape index (κ1) is 14.6. The van der Waals surface area contributed by atoms with Crippen molar-refractivity contribution in [2.24, 2.45) is 5.41 Å². The maximum absolute atomic E-state index is 11.9. The highest BCUT2D eigenvalue weighted by Gasteiger charge is 2.34. The molecule has 0 bridgehead atoms. The number of carbonyl (C=O) groups is 2. The van der Waals surface area contributed by atoms with Crippen molar-refractivity contribution in [2.45, 2.75) is 44.9 Å². The predicted molar refractivity (Wildman–Crippen MR) is 73.1 cm³/mol. The van der Waals surface area contributed by atoms with E-state index in [1.165, 1.54) is 0 Å². The fraction of sp³-hybridized carbons (Fsp3) is 0.643. The Labute approximate surface area is 118 Å². The van der Waals surface area contributed by atoms with E-state index in [4.69, 9.17) is 5.11 Å². The first-order valence-electron chi connectivity index (χ1n) is 7.06. The molecule has 20 heavy (non-hydrogen) atoms. The van der Waals surface area contributed by atoms with Crippen molar-refractivity contribution in [3.63, 3.8) is 0 Å². The molecule has 3 N–H and O–H groups in total. The lowest BCUT2D eigenvalue weighted by Gasteiger charge is -2.36. The van der Waals surface area contributed by atoms with Crippen LogP contribution in [0.3, 0.4) is 0 Å². The van der Waals surface area contributed by atoms with E-state index in [0.29, 0.717) is 6.54 Å². The summed E-state index contributed by atoms with van der Waals surface area (Å²) in [5, 5.41) is 18.5. The highest BCUT2D eigenvalue weighted by atomic mass is 16.4. The smallest absolute Gasteiger partial charge is 0.303 e. The van der Waals surface area contributed by atoms with Crippen LogP contribution in [0.1, 0.15) is 44.2 Å². The zero-order chi connectivity index (χ0) is 14.4. The van der Waals surface area contributed by atoms with Gasteiger partial charge in [0.25, 0.3) is 0 Å². The number of H-pyrrole nitrogens is 1. The van der Waals surface area contributed by atoms with Crippen LogP contribution in [0.25, 0.3) is 0 Å². The molecule has 2 rings (SSSR count). The molecule has 6 heteroatoms. The molecule has 0 unspecified atom stereocenters. The number of carboxylic acid groups (broad SMARTS) is 1. The van der Waals surface area contributed by atoms with Crippen LogP contribution in [0.5, 0.6) is 0 Å². The third kappa shape index (κ3) is 4.08. The standard InChI is InChI=1S/C14H21N3O3/c18-12(8-11-4-7-16-17-11)15-10-14(9-13(19)20)5-2-1-3-6-14/h4,7H,1-3,5-6,8-10H2,(H,15,18)(H,16,17)(H,19,20). The summed E-state index contributed by atoms with van der Waals surface area (Å²) in [6, 6.07) is 1.76. The third-order valence-corrected chi connectivity index (χ3v) is 4.01. The van der Waals surface area contributed by atoms with Gasteiger partial charge in [0.05, 0.1) is 12.8 Å². The number of rotatable bonds is 6. The maximum atomic E-state index is 11.9. The second-order valence-corrected chi connectivity index (χ2v) is 5.67. The molecule has 0 spiro atoms. The third-order valence-electron chi connectivity index (χ3n) is 4.01. The topological polar surface area (TPSA) is 95.1 Å². The maximum Gasteiger partial charge on any atom is 0.303 e. The number of hydrogen-bond acceptors (Lipinski definition) is 3. The van der Waals surface area contributed by atoms with E-state index in [0.717, 1.165) is 37.8 Å². The minimum absolute atomic E-state index is 0.0930. The van der Waals surface area contributed by atoms with Gasteiger partial charge in [0, 0.05) is 18.4 Å². The number of aliphatic carboxylic acids is 1. The number of carbonyl (C=O) groups excluding carboxylic acids is 1. The molecule has 0 saturated heterocycles. The highest BCUT2D eigenvalue weighted by Crippen LogP contribution is 2.38. The van der Waals surface area contributed by atoms with Gasteiger partial charge in [-0.1, -0.05) is 19.3 Å². The minimum atomic E-state index is -0.783. The van der Waals surface area contributed by atoms with Gasteiger partial charge in [-0.3, -0.25) is 14.7 Å². The average Bonchev–Trinajstić information content (AvgIpc) is 2.90. The molecule has 0 aromatic carbocycles. The van der Waals surface area contributed by atoms with Crippen molar-refractivity contribution in [3.05, 3.63) is 18.0 Å². The number of hydrogen-bond donors (Lipinski definition) is 3. The van der Waals surface area contributed by atoms with E-state index in [2.05, 4.69) is 15.5 Å². The summed E-state index contributed by atoms with van der Waals surface area (Å²) in [5.74, 6) is -0.876. The first-order valence-corrected chi connectivity index (χ1v) is 7.06. The molecule has 0 radical (unpaired) electrons. The Morgan fingerprint density at radius 1 is 1.35 bits per heavy atom. The van der Waals surface area contributed by atoms with E-state index in [1.54, 1.807) is 12.3 Å². The lowest BCUT2D eigenvalue weighted by Crippen LogP contribution is -2.41. The van der Waals surface area contributed by atoms with Crippen LogP contribution in [0.15, 0.2) is 12.3 Å². The summed E-state index contributed by atoms with van der Waals surface area (Å²) in [6.45, 7) is 0.451. The average molecular weight is 279 g/mol. The van der Waals surface area contributed by atoms with Gasteiger partial charge >= 0.3 is 5.97 Å². The number of amides is 1. The Morgan fingerprint density at radius 3 is 2.70 bits per heavy atom. The monoisotopic (exact) mass is 279 g/mol. The van der Waals surface area contributed by atoms with Crippen molar-refractivity contribution < 1.29 is 14.7 Å². The molecule has 1 aliphatic rings. The SMILES string of the molecule is O=C(O)CC1(CNC(=O)Cc2ccn[nH]2)CCCCC1. The second-order valence-electron chi connectivity index (χ2n) is 5.67. The van der Waals surface area contributed by atoms with E-state index in [9.17, 15) is 9.59 Å². The van der Waals surface area contributed by atoms with Gasteiger partial charge < -0.3 is 10.4 Å². The summed E-state index contributed by atoms with van der Waals surface area (Å²) in [7, 11) is 0. The normalized spacial score (nSPS) is 17.6. The highest BCUT2D eigenvalue weighted by molar-refractivity contribution is 5.78. The van der Waals surface area contributed by atoms with Gasteiger partial charge in [0.1, 0.15) is 0 Å². The van der Waals surface area contributed by atoms with Crippen molar-refractivity contribution in [1.29, 1.82) is 0 Å². The van der Waals surface area contributed by atoms with E-state index in [-0.39, 0.29) is 24.2 Å². The first-order chi connectivity index (χ1) is 9.60. The Hall–Kier alpha value is -1.85. The molecular formula is C14H21N3O3. The van der Waals surface area contributed by atoms with Gasteiger partial charge in [0.15, 0.2) is 0 Å². The summed E-state index contributed by atoms with van der Waals surface area (Å²) in [6.07, 6.45) is 7.00. The summed E-state index contributed by atoms with van der Waals surface area (Å²) < 4.78 is 0. The van der Waals surface area contributed by atoms with Gasteiger partial charge in [-0.2, -0.15) is 5.10 Å². The molecule has 110 valence electrons. The van der Waals surface area contributed by atoms with E-state index >= 15 is 0 Å². The second kappa shape index (κ2) is 6.54. The van der Waals surface area contributed by atoms with Crippen molar-refractivity contribution in [1.82, 2.24) is 15.5 Å². The Kier molecular flexibility index (Phi) is 4.76. The van der Waals surface area contributed by atoms with Crippen LogP contribution in [-0.2, 0) is 16.0 Å². The number of nitrogens with zero attached hydrogens (tertiary/aromatic N) is 1. The molecular weight excluding hydrogens is 258 g/mol. The fourth-order valence-electron chi connectivity index (χ4n) is 2.94. The van der Waals surface area contributed by atoms with Crippen molar-refractivity contribution >= 4 is 11.9 Å². The van der Waals surface area contributed by atoms with Crippen molar-refractivity contribution in [3.8, 4) is 0 Å². The molecule has 0 atom stereocenters. The molecule has 1 fully saturated rings. The molecule has 1 saturated carbocycles. The van der Waals surface area contributed by atoms with Gasteiger partial charge in [0.2, 0.25) is 5.91 Å². The Morgan fingerprint density at radius 2 is 2.10 bits per heavy atom. The summed E-state index contributed by atoms with van der Waals surface area (Å²) >= 11 is 0. The molecule has 1 aromatic rings. The number of nitrogens with one attached hydrogen (secondary N) is 2. The van der Waals surface area contributed by atoms with Crippen LogP contribution >= 0.6 is 0 Å². The molecule has 1 aliphatic carbocycles. The zero-order valence-electron chi connectivity index (χ0n) is 11.5. The predicted octanol–water partition coefficient (Wildman–Crippen LogP) is 1.49. The number of aromatic amines is 1. The van der Waals surface area contributed by atoms with E-state index in [1.807, 2.05) is 0 Å². The van der Waals surface area contributed by atoms with Crippen LogP contribution in [0.4, 0.5) is 0 Å². The molecule has 1 amide bonds. The molecule has 1 heterocycles. The van der Waals surface area contributed by atoms with Gasteiger partial charge in [-0.05, 0) is 24.3 Å². The fourth-order valence-corrected chi connectivity index (χ4v) is 2.94. The largest absolute Gasteiger partial charge is 0.481 e. The molecule has 0 aliphatic heterocycles. The van der Waals surface area contributed by atoms with E-state index < -0.39 is 5.97 Å². The lowest BCUT2D eigenvalue weighted by atomic mass is 9.71. The van der Waals surface area contributed by atoms with Gasteiger partial charge in [-0.15, -0.1) is 0 Å². The minimum Gasteiger partial charge on any atom is -0.481 e. The van der Waals surface area contributed by atoms with Crippen LogP contribution in [0.2, 0.25) is 0 Å². The number of aromatic nitrogens is 2. The van der Waals surface area contributed by atoms with Crippen LogP contribution in [-0.4, -0.2) is 33.7 Å². The van der Waals surface area contributed by atoms with Gasteiger partial charge in [-0.25, -0.2) is 0 Å². The summed E-state index contributed by atoms with van der Waals surface area (Å²) in [5.41, 5.74) is 0.492. The zero-order valence-corrected chi connectivity index (χ0v) is 11.5. The summed E-state index contributed by atoms with van der Waals surface area (Å²) in [4.78, 5) is 22.9. The molecule has 1 aromatic heterocycles. The molecule has 6 nitrogen and oxygen atoms in total. The quantitative estimate of drug-likeness (QED) is 0.735. The van der Waals surface area contributed by atoms with Crippen LogP contribution < -0.4 is 5.32 Å². The lowest BCUT2D eigenvalue weighted by molar-refractivity contribution is -0.140. The van der Waals surface area contributed by atoms with Crippen LogP contribution in [0, 0.1) is 5.41 Å². The van der Waals surface area contributed by atoms with Crippen molar-refractivity contribution in [2.75, 3.05) is 6.54 Å². The number of carboxylic acids is 1. The Balaban J connectivity index is 1.87. The Bertz CT molecular complexity index is 450.